The van der Waals surface area contributed by atoms with Gasteiger partial charge in [-0.25, -0.2) is 4.79 Å². The molecule has 0 atom stereocenters. The topological polar surface area (TPSA) is 75.7 Å². The van der Waals surface area contributed by atoms with E-state index in [4.69, 9.17) is 23.2 Å². The molecule has 0 aromatic heterocycles. The van der Waals surface area contributed by atoms with Gasteiger partial charge in [0.1, 0.15) is 0 Å². The van der Waals surface area contributed by atoms with Crippen molar-refractivity contribution in [2.24, 2.45) is 0 Å². The van der Waals surface area contributed by atoms with Crippen LogP contribution >= 0.6 is 23.2 Å². The van der Waals surface area contributed by atoms with E-state index in [1.54, 1.807) is 49.5 Å². The van der Waals surface area contributed by atoms with Crippen molar-refractivity contribution < 1.29 is 27.9 Å². The second-order valence-corrected chi connectivity index (χ2v) is 8.66. The Morgan fingerprint density at radius 3 is 2.08 bits per heavy atom. The molecule has 188 valence electrons. The van der Waals surface area contributed by atoms with Gasteiger partial charge in [-0.15, -0.1) is 0 Å². The summed E-state index contributed by atoms with van der Waals surface area (Å²) in [4.78, 5) is 38.1. The first-order chi connectivity index (χ1) is 17.0. The van der Waals surface area contributed by atoms with Crippen molar-refractivity contribution in [3.05, 3.63) is 93.5 Å². The molecule has 6 nitrogen and oxygen atoms in total. The van der Waals surface area contributed by atoms with Gasteiger partial charge in [0.05, 0.1) is 13.0 Å². The van der Waals surface area contributed by atoms with Gasteiger partial charge < -0.3 is 15.0 Å². The van der Waals surface area contributed by atoms with Crippen molar-refractivity contribution in [2.45, 2.75) is 19.3 Å². The minimum absolute atomic E-state index is 0.0792. The Labute approximate surface area is 216 Å². The molecular formula is C26H22Cl2F2N2O4. The van der Waals surface area contributed by atoms with Crippen LogP contribution in [0.4, 0.5) is 20.2 Å². The van der Waals surface area contributed by atoms with Gasteiger partial charge in [-0.3, -0.25) is 9.59 Å². The number of ether oxygens (including phenoxy) is 1. The largest absolute Gasteiger partial charge is 0.461 e. The molecule has 0 unspecified atom stereocenters. The smallest absolute Gasteiger partial charge is 0.381 e. The van der Waals surface area contributed by atoms with E-state index in [-0.39, 0.29) is 24.8 Å². The highest BCUT2D eigenvalue weighted by Gasteiger charge is 2.42. The van der Waals surface area contributed by atoms with E-state index in [2.05, 4.69) is 10.1 Å². The van der Waals surface area contributed by atoms with E-state index in [0.717, 1.165) is 12.1 Å². The second kappa shape index (κ2) is 11.5. The molecule has 36 heavy (non-hydrogen) atoms. The van der Waals surface area contributed by atoms with Crippen LogP contribution in [-0.4, -0.2) is 31.4 Å². The lowest BCUT2D eigenvalue weighted by Crippen LogP contribution is -2.28. The summed E-state index contributed by atoms with van der Waals surface area (Å²) in [5.41, 5.74) is 1.32. The van der Waals surface area contributed by atoms with Gasteiger partial charge in [-0.1, -0.05) is 47.5 Å². The third-order valence-corrected chi connectivity index (χ3v) is 5.60. The van der Waals surface area contributed by atoms with Gasteiger partial charge in [0.2, 0.25) is 5.91 Å². The van der Waals surface area contributed by atoms with Crippen LogP contribution in [0, 0.1) is 0 Å². The number of halogens is 4. The quantitative estimate of drug-likeness (QED) is 0.354. The van der Waals surface area contributed by atoms with Crippen LogP contribution in [-0.2, 0) is 26.7 Å². The number of nitrogens with zero attached hydrogens (tertiary/aromatic N) is 1. The molecule has 0 saturated heterocycles. The summed E-state index contributed by atoms with van der Waals surface area (Å²) in [6.45, 7) is 1.28. The number of carbonyl (C=O) groups is 3. The zero-order chi connectivity index (χ0) is 26.5. The molecule has 0 saturated carbocycles. The summed E-state index contributed by atoms with van der Waals surface area (Å²) in [7, 11) is 1.59. The molecule has 0 aliphatic carbocycles. The third-order valence-electron chi connectivity index (χ3n) is 5.17. The van der Waals surface area contributed by atoms with Crippen molar-refractivity contribution in [1.29, 1.82) is 0 Å². The molecule has 0 spiro atoms. The lowest BCUT2D eigenvalue weighted by molar-refractivity contribution is -0.173. The second-order valence-electron chi connectivity index (χ2n) is 7.79. The Bertz CT molecular complexity index is 1250. The van der Waals surface area contributed by atoms with Crippen LogP contribution in [0.15, 0.2) is 66.7 Å². The lowest BCUT2D eigenvalue weighted by atomic mass is 10.0. The zero-order valence-corrected chi connectivity index (χ0v) is 20.9. The van der Waals surface area contributed by atoms with Crippen molar-refractivity contribution >= 4 is 52.4 Å². The molecule has 0 aliphatic heterocycles. The molecule has 0 bridgehead atoms. The maximum Gasteiger partial charge on any atom is 0.381 e. The average molecular weight is 535 g/mol. The van der Waals surface area contributed by atoms with Crippen molar-refractivity contribution in [3.8, 4) is 0 Å². The van der Waals surface area contributed by atoms with Crippen molar-refractivity contribution in [1.82, 2.24) is 0 Å². The number of alkyl halides is 2. The number of anilines is 2. The summed E-state index contributed by atoms with van der Waals surface area (Å²) in [5, 5.41) is 3.49. The number of carbonyl (C=O) groups excluding carboxylic acids is 3. The van der Waals surface area contributed by atoms with E-state index in [9.17, 15) is 23.2 Å². The molecule has 0 fully saturated rings. The van der Waals surface area contributed by atoms with Crippen LogP contribution in [0.3, 0.4) is 0 Å². The fraction of sp³-hybridized carbons (Fsp3) is 0.192. The predicted octanol–water partition coefficient (Wildman–Crippen LogP) is 6.11. The molecule has 10 heteroatoms. The Morgan fingerprint density at radius 2 is 1.53 bits per heavy atom. The summed E-state index contributed by atoms with van der Waals surface area (Å²) >= 11 is 12.0. The number of benzene rings is 3. The van der Waals surface area contributed by atoms with Gasteiger partial charge in [0.25, 0.3) is 5.91 Å². The SMILES string of the molecule is CCOC(=O)C(F)(F)c1ccc(CC(=O)Nc2ccc(C(=O)N(C)c3cc(Cl)cc(Cl)c3)cc2)cc1. The van der Waals surface area contributed by atoms with Crippen LogP contribution in [0.25, 0.3) is 0 Å². The molecule has 3 aromatic rings. The van der Waals surface area contributed by atoms with Gasteiger partial charge >= 0.3 is 11.9 Å². The van der Waals surface area contributed by atoms with Gasteiger partial charge in [-0.05, 0) is 55.0 Å². The van der Waals surface area contributed by atoms with E-state index >= 15 is 0 Å². The fourth-order valence-corrected chi connectivity index (χ4v) is 3.82. The maximum atomic E-state index is 14.1. The van der Waals surface area contributed by atoms with E-state index in [1.165, 1.54) is 24.0 Å². The number of rotatable bonds is 8. The van der Waals surface area contributed by atoms with Gasteiger partial charge in [-0.2, -0.15) is 8.78 Å². The molecule has 0 radical (unpaired) electrons. The molecular weight excluding hydrogens is 513 g/mol. The van der Waals surface area contributed by atoms with Crippen molar-refractivity contribution in [3.63, 3.8) is 0 Å². The normalized spacial score (nSPS) is 11.1. The Hall–Kier alpha value is -3.49. The monoisotopic (exact) mass is 534 g/mol. The number of nitrogens with one attached hydrogen (secondary N) is 1. The molecule has 0 aliphatic rings. The van der Waals surface area contributed by atoms with Crippen LogP contribution in [0.2, 0.25) is 10.0 Å². The van der Waals surface area contributed by atoms with E-state index < -0.39 is 17.5 Å². The van der Waals surface area contributed by atoms with Gasteiger partial charge in [0.15, 0.2) is 0 Å². The standard InChI is InChI=1S/C26H22Cl2F2N2O4/c1-3-36-25(35)26(29,30)18-8-4-16(5-9-18)12-23(33)31-21-10-6-17(7-11-21)24(34)32(2)22-14-19(27)13-20(28)15-22/h4-11,13-15H,3,12H2,1-2H3,(H,31,33). The molecule has 2 amide bonds. The van der Waals surface area contributed by atoms with Crippen LogP contribution in [0.5, 0.6) is 0 Å². The Morgan fingerprint density at radius 1 is 0.944 bits per heavy atom. The highest BCUT2D eigenvalue weighted by Crippen LogP contribution is 2.30. The third kappa shape index (κ3) is 6.59. The zero-order valence-electron chi connectivity index (χ0n) is 19.4. The number of hydrogen-bond acceptors (Lipinski definition) is 4. The highest BCUT2D eigenvalue weighted by atomic mass is 35.5. The predicted molar refractivity (Wildman–Crippen MR) is 135 cm³/mol. The van der Waals surface area contributed by atoms with Crippen LogP contribution in [0.1, 0.15) is 28.4 Å². The molecule has 1 N–H and O–H groups in total. The maximum absolute atomic E-state index is 14.1. The molecule has 3 rings (SSSR count). The lowest BCUT2D eigenvalue weighted by Gasteiger charge is -2.18. The first kappa shape index (κ1) is 27.1. The minimum Gasteiger partial charge on any atom is -0.461 e. The first-order valence-corrected chi connectivity index (χ1v) is 11.6. The highest BCUT2D eigenvalue weighted by molar-refractivity contribution is 6.35. The first-order valence-electron chi connectivity index (χ1n) is 10.8. The van der Waals surface area contributed by atoms with E-state index in [0.29, 0.717) is 32.5 Å². The summed E-state index contributed by atoms with van der Waals surface area (Å²) < 4.78 is 32.6. The summed E-state index contributed by atoms with van der Waals surface area (Å²) in [5.74, 6) is -6.08. The van der Waals surface area contributed by atoms with Gasteiger partial charge in [0, 0.05) is 39.6 Å². The molecule has 3 aromatic carbocycles. The fourth-order valence-electron chi connectivity index (χ4n) is 3.30. The van der Waals surface area contributed by atoms with E-state index in [1.807, 2.05) is 0 Å². The van der Waals surface area contributed by atoms with Crippen molar-refractivity contribution in [2.75, 3.05) is 23.9 Å². The average Bonchev–Trinajstić information content (AvgIpc) is 2.83. The number of esters is 1. The Balaban J connectivity index is 1.61. The summed E-state index contributed by atoms with van der Waals surface area (Å²) in [6, 6.07) is 15.9. The number of hydrogen-bond donors (Lipinski definition) is 1. The summed E-state index contributed by atoms with van der Waals surface area (Å²) in [6.07, 6.45) is -0.0792. The van der Waals surface area contributed by atoms with Crippen LogP contribution < -0.4 is 10.2 Å². The minimum atomic E-state index is -3.77. The molecule has 0 heterocycles. The number of amides is 2. The Kier molecular flexibility index (Phi) is 8.66.